The Morgan fingerprint density at radius 2 is 1.91 bits per heavy atom. The zero-order valence-corrected chi connectivity index (χ0v) is 20.0. The van der Waals surface area contributed by atoms with Gasteiger partial charge in [-0.25, -0.2) is 0 Å². The molecule has 1 aliphatic carbocycles. The van der Waals surface area contributed by atoms with Crippen LogP contribution in [0.3, 0.4) is 0 Å². The SMILES string of the molecule is COc1ccc(-c2nnc(SCC(=O)Nc3nnc(C4CCCCC4)s3)n2C)cc1OC. The molecule has 3 aromatic rings. The van der Waals surface area contributed by atoms with E-state index in [0.717, 1.165) is 23.4 Å². The summed E-state index contributed by atoms with van der Waals surface area (Å²) in [6, 6.07) is 5.57. The maximum absolute atomic E-state index is 12.4. The van der Waals surface area contributed by atoms with E-state index >= 15 is 0 Å². The third kappa shape index (κ3) is 5.04. The molecule has 32 heavy (non-hydrogen) atoms. The third-order valence-corrected chi connectivity index (χ3v) is 7.47. The van der Waals surface area contributed by atoms with Crippen LogP contribution < -0.4 is 14.8 Å². The average molecular weight is 475 g/mol. The minimum atomic E-state index is -0.142. The summed E-state index contributed by atoms with van der Waals surface area (Å²) in [5.74, 6) is 2.48. The molecule has 0 saturated heterocycles. The molecule has 11 heteroatoms. The van der Waals surface area contributed by atoms with Gasteiger partial charge in [0.2, 0.25) is 11.0 Å². The summed E-state index contributed by atoms with van der Waals surface area (Å²) in [6.45, 7) is 0. The van der Waals surface area contributed by atoms with Crippen molar-refractivity contribution >= 4 is 34.1 Å². The number of carbonyl (C=O) groups is 1. The maximum Gasteiger partial charge on any atom is 0.236 e. The molecule has 1 aliphatic rings. The average Bonchev–Trinajstić information content (AvgIpc) is 3.44. The molecular weight excluding hydrogens is 448 g/mol. The zero-order valence-electron chi connectivity index (χ0n) is 18.3. The van der Waals surface area contributed by atoms with Crippen molar-refractivity contribution in [1.82, 2.24) is 25.0 Å². The standard InChI is InChI=1S/C21H26N6O3S2/c1-27-18(14-9-10-15(29-2)16(11-14)30-3)23-26-21(27)31-12-17(28)22-20-25-24-19(32-20)13-7-5-4-6-8-13/h9-11,13H,4-8,12H2,1-3H3,(H,22,25,28). The Kier molecular flexibility index (Phi) is 7.26. The summed E-state index contributed by atoms with van der Waals surface area (Å²) < 4.78 is 12.5. The second-order valence-electron chi connectivity index (χ2n) is 7.55. The van der Waals surface area contributed by atoms with Gasteiger partial charge in [-0.15, -0.1) is 20.4 Å². The van der Waals surface area contributed by atoms with Crippen molar-refractivity contribution in [3.05, 3.63) is 23.2 Å². The van der Waals surface area contributed by atoms with Gasteiger partial charge < -0.3 is 14.0 Å². The second kappa shape index (κ2) is 10.3. The van der Waals surface area contributed by atoms with E-state index in [1.54, 1.807) is 14.2 Å². The van der Waals surface area contributed by atoms with Crippen LogP contribution in [0.1, 0.15) is 43.0 Å². The van der Waals surface area contributed by atoms with E-state index < -0.39 is 0 Å². The van der Waals surface area contributed by atoms with Crippen molar-refractivity contribution in [2.24, 2.45) is 7.05 Å². The molecule has 1 aromatic carbocycles. The van der Waals surface area contributed by atoms with Crippen molar-refractivity contribution in [3.63, 3.8) is 0 Å². The number of nitrogens with zero attached hydrogens (tertiary/aromatic N) is 5. The minimum absolute atomic E-state index is 0.142. The van der Waals surface area contributed by atoms with E-state index in [0.29, 0.717) is 33.5 Å². The number of thioether (sulfide) groups is 1. The van der Waals surface area contributed by atoms with E-state index in [-0.39, 0.29) is 11.7 Å². The lowest BCUT2D eigenvalue weighted by Gasteiger charge is -2.18. The molecule has 4 rings (SSSR count). The second-order valence-corrected chi connectivity index (χ2v) is 9.50. The van der Waals surface area contributed by atoms with Crippen molar-refractivity contribution in [3.8, 4) is 22.9 Å². The summed E-state index contributed by atoms with van der Waals surface area (Å²) in [6.07, 6.45) is 6.10. The first kappa shape index (κ1) is 22.5. The Bertz CT molecular complexity index is 1080. The molecular formula is C21H26N6O3S2. The number of nitrogens with one attached hydrogen (secondary N) is 1. The van der Waals surface area contributed by atoms with Crippen molar-refractivity contribution in [1.29, 1.82) is 0 Å². The number of aromatic nitrogens is 5. The van der Waals surface area contributed by atoms with E-state index in [1.807, 2.05) is 29.8 Å². The van der Waals surface area contributed by atoms with Crippen LogP contribution in [-0.4, -0.2) is 50.8 Å². The lowest BCUT2D eigenvalue weighted by molar-refractivity contribution is -0.113. The van der Waals surface area contributed by atoms with E-state index in [4.69, 9.17) is 9.47 Å². The summed E-state index contributed by atoms with van der Waals surface area (Å²) in [7, 11) is 5.06. The highest BCUT2D eigenvalue weighted by molar-refractivity contribution is 7.99. The Labute approximate surface area is 194 Å². The fraction of sp³-hybridized carbons (Fsp3) is 0.476. The van der Waals surface area contributed by atoms with Gasteiger partial charge in [0.25, 0.3) is 0 Å². The van der Waals surface area contributed by atoms with Crippen molar-refractivity contribution in [2.75, 3.05) is 25.3 Å². The van der Waals surface area contributed by atoms with Crippen molar-refractivity contribution in [2.45, 2.75) is 43.2 Å². The van der Waals surface area contributed by atoms with Gasteiger partial charge in [-0.05, 0) is 31.0 Å². The Balaban J connectivity index is 1.36. The molecule has 0 radical (unpaired) electrons. The fourth-order valence-corrected chi connectivity index (χ4v) is 5.39. The van der Waals surface area contributed by atoms with Crippen LogP contribution in [0.15, 0.2) is 23.4 Å². The van der Waals surface area contributed by atoms with Gasteiger partial charge in [0.15, 0.2) is 22.5 Å². The molecule has 0 unspecified atom stereocenters. The van der Waals surface area contributed by atoms with E-state index in [2.05, 4.69) is 25.7 Å². The molecule has 1 saturated carbocycles. The maximum atomic E-state index is 12.4. The first-order valence-electron chi connectivity index (χ1n) is 10.5. The molecule has 1 N–H and O–H groups in total. The van der Waals surface area contributed by atoms with Crippen LogP contribution in [-0.2, 0) is 11.8 Å². The van der Waals surface area contributed by atoms with Gasteiger partial charge in [0.05, 0.1) is 20.0 Å². The molecule has 2 heterocycles. The number of anilines is 1. The van der Waals surface area contributed by atoms with Crippen molar-refractivity contribution < 1.29 is 14.3 Å². The van der Waals surface area contributed by atoms with Gasteiger partial charge >= 0.3 is 0 Å². The van der Waals surface area contributed by atoms with Crippen LogP contribution in [0.25, 0.3) is 11.4 Å². The summed E-state index contributed by atoms with van der Waals surface area (Å²) in [4.78, 5) is 12.4. The van der Waals surface area contributed by atoms with Gasteiger partial charge in [-0.3, -0.25) is 10.1 Å². The monoisotopic (exact) mass is 474 g/mol. The molecule has 0 aliphatic heterocycles. The fourth-order valence-electron chi connectivity index (χ4n) is 3.75. The number of hydrogen-bond donors (Lipinski definition) is 1. The van der Waals surface area contributed by atoms with Gasteiger partial charge in [0.1, 0.15) is 5.01 Å². The molecule has 0 spiro atoms. The predicted molar refractivity (Wildman–Crippen MR) is 125 cm³/mol. The number of rotatable bonds is 8. The lowest BCUT2D eigenvalue weighted by atomic mass is 9.90. The topological polar surface area (TPSA) is 104 Å². The quantitative estimate of drug-likeness (QED) is 0.486. The predicted octanol–water partition coefficient (Wildman–Crippen LogP) is 4.13. The Morgan fingerprint density at radius 1 is 1.12 bits per heavy atom. The first-order chi connectivity index (χ1) is 15.6. The lowest BCUT2D eigenvalue weighted by Crippen LogP contribution is -2.14. The number of hydrogen-bond acceptors (Lipinski definition) is 9. The third-order valence-electron chi connectivity index (χ3n) is 5.45. The number of benzene rings is 1. The van der Waals surface area contributed by atoms with Crippen LogP contribution in [0.2, 0.25) is 0 Å². The molecule has 9 nitrogen and oxygen atoms in total. The van der Waals surface area contributed by atoms with E-state index in [1.165, 1.54) is 42.4 Å². The normalized spacial score (nSPS) is 14.3. The molecule has 170 valence electrons. The Hall–Kier alpha value is -2.66. The van der Waals surface area contributed by atoms with Crippen LogP contribution in [0.5, 0.6) is 11.5 Å². The molecule has 0 atom stereocenters. The van der Waals surface area contributed by atoms with Crippen LogP contribution >= 0.6 is 23.1 Å². The number of methoxy groups -OCH3 is 2. The smallest absolute Gasteiger partial charge is 0.236 e. The molecule has 1 fully saturated rings. The molecule has 2 aromatic heterocycles. The minimum Gasteiger partial charge on any atom is -0.493 e. The molecule has 1 amide bonds. The van der Waals surface area contributed by atoms with Crippen LogP contribution in [0.4, 0.5) is 5.13 Å². The number of ether oxygens (including phenoxy) is 2. The van der Waals surface area contributed by atoms with E-state index in [9.17, 15) is 4.79 Å². The van der Waals surface area contributed by atoms with Crippen LogP contribution in [0, 0.1) is 0 Å². The highest BCUT2D eigenvalue weighted by atomic mass is 32.2. The van der Waals surface area contributed by atoms with Gasteiger partial charge in [-0.2, -0.15) is 0 Å². The number of carbonyl (C=O) groups excluding carboxylic acids is 1. The number of amides is 1. The summed E-state index contributed by atoms with van der Waals surface area (Å²) in [5, 5.41) is 22.0. The summed E-state index contributed by atoms with van der Waals surface area (Å²) >= 11 is 2.80. The van der Waals surface area contributed by atoms with Gasteiger partial charge in [-0.1, -0.05) is 42.4 Å². The first-order valence-corrected chi connectivity index (χ1v) is 12.3. The largest absolute Gasteiger partial charge is 0.493 e. The zero-order chi connectivity index (χ0) is 22.5. The Morgan fingerprint density at radius 3 is 2.66 bits per heavy atom. The molecule has 0 bridgehead atoms. The highest BCUT2D eigenvalue weighted by Crippen LogP contribution is 2.35. The highest BCUT2D eigenvalue weighted by Gasteiger charge is 2.20. The van der Waals surface area contributed by atoms with Gasteiger partial charge in [0, 0.05) is 18.5 Å². The summed E-state index contributed by atoms with van der Waals surface area (Å²) in [5.41, 5.74) is 0.845.